The number of rotatable bonds is 4. The van der Waals surface area contributed by atoms with E-state index in [-0.39, 0.29) is 23.7 Å². The predicted octanol–water partition coefficient (Wildman–Crippen LogP) is 2.46. The number of fused-ring (bicyclic) bond motifs is 1. The predicted molar refractivity (Wildman–Crippen MR) is 100 cm³/mol. The van der Waals surface area contributed by atoms with Gasteiger partial charge in [0.15, 0.2) is 5.69 Å². The number of aromatic nitrogens is 5. The minimum Gasteiger partial charge on any atom is -0.331 e. The molecule has 0 radical (unpaired) electrons. The quantitative estimate of drug-likeness (QED) is 0.675. The van der Waals surface area contributed by atoms with Crippen molar-refractivity contribution in [3.8, 4) is 0 Å². The van der Waals surface area contributed by atoms with Gasteiger partial charge in [-0.2, -0.15) is 0 Å². The Morgan fingerprint density at radius 2 is 2.10 bits per heavy atom. The molecule has 0 fully saturated rings. The van der Waals surface area contributed by atoms with Gasteiger partial charge in [0.1, 0.15) is 17.5 Å². The van der Waals surface area contributed by atoms with Crippen LogP contribution < -0.4 is 0 Å². The summed E-state index contributed by atoms with van der Waals surface area (Å²) >= 11 is 0. The molecule has 0 aliphatic carbocycles. The number of halogens is 2. The molecule has 1 amide bonds. The molecule has 150 valence electrons. The largest absolute Gasteiger partial charge is 0.331 e. The number of carbonyl (C=O) groups excluding carboxylic acids is 1. The second-order valence-electron chi connectivity index (χ2n) is 7.01. The molecule has 0 atom stereocenters. The van der Waals surface area contributed by atoms with Gasteiger partial charge in [0.05, 0.1) is 24.5 Å². The van der Waals surface area contributed by atoms with Gasteiger partial charge < -0.3 is 4.90 Å². The average Bonchev–Trinajstić information content (AvgIpc) is 3.08. The number of amides is 1. The van der Waals surface area contributed by atoms with Gasteiger partial charge in [-0.3, -0.25) is 4.79 Å². The first-order valence-electron chi connectivity index (χ1n) is 9.43. The Hall–Kier alpha value is -3.23. The number of hydrogen-bond acceptors (Lipinski definition) is 5. The third-order valence-corrected chi connectivity index (χ3v) is 5.12. The van der Waals surface area contributed by atoms with Crippen LogP contribution >= 0.6 is 0 Å². The molecular formula is C20H20F2N6O. The van der Waals surface area contributed by atoms with Gasteiger partial charge in [-0.05, 0) is 25.0 Å². The molecule has 3 aromatic rings. The summed E-state index contributed by atoms with van der Waals surface area (Å²) in [7, 11) is 0. The maximum atomic E-state index is 13.9. The van der Waals surface area contributed by atoms with E-state index < -0.39 is 11.6 Å². The molecular weight excluding hydrogens is 378 g/mol. The van der Waals surface area contributed by atoms with Crippen molar-refractivity contribution in [3.63, 3.8) is 0 Å². The Labute approximate surface area is 166 Å². The van der Waals surface area contributed by atoms with Crippen molar-refractivity contribution in [2.75, 3.05) is 6.54 Å². The first kappa shape index (κ1) is 19.1. The molecule has 4 rings (SSSR count). The summed E-state index contributed by atoms with van der Waals surface area (Å²) in [5.41, 5.74) is 2.93. The maximum absolute atomic E-state index is 13.9. The monoisotopic (exact) mass is 398 g/mol. The van der Waals surface area contributed by atoms with Crippen LogP contribution in [0.3, 0.4) is 0 Å². The van der Waals surface area contributed by atoms with E-state index >= 15 is 0 Å². The van der Waals surface area contributed by atoms with Crippen molar-refractivity contribution >= 4 is 5.91 Å². The number of aryl methyl sites for hydroxylation is 1. The molecule has 0 saturated heterocycles. The first-order valence-corrected chi connectivity index (χ1v) is 9.43. The van der Waals surface area contributed by atoms with Crippen LogP contribution in [0.25, 0.3) is 0 Å². The highest BCUT2D eigenvalue weighted by molar-refractivity contribution is 5.93. The maximum Gasteiger partial charge on any atom is 0.276 e. The Kier molecular flexibility index (Phi) is 5.04. The Morgan fingerprint density at radius 3 is 2.86 bits per heavy atom. The lowest BCUT2D eigenvalue weighted by Gasteiger charge is -2.27. The molecule has 0 N–H and O–H groups in total. The molecule has 2 aromatic heterocycles. The van der Waals surface area contributed by atoms with Gasteiger partial charge in [0.25, 0.3) is 5.91 Å². The second-order valence-corrected chi connectivity index (χ2v) is 7.01. The van der Waals surface area contributed by atoms with Crippen LogP contribution in [0.5, 0.6) is 0 Å². The number of carbonyl (C=O) groups is 1. The summed E-state index contributed by atoms with van der Waals surface area (Å²) in [5.74, 6) is -0.790. The van der Waals surface area contributed by atoms with Crippen molar-refractivity contribution in [2.45, 2.75) is 39.8 Å². The molecule has 0 saturated carbocycles. The average molecular weight is 398 g/mol. The van der Waals surface area contributed by atoms with Crippen molar-refractivity contribution in [2.24, 2.45) is 0 Å². The van der Waals surface area contributed by atoms with Crippen molar-refractivity contribution < 1.29 is 13.6 Å². The van der Waals surface area contributed by atoms with Gasteiger partial charge in [-0.1, -0.05) is 18.2 Å². The van der Waals surface area contributed by atoms with E-state index in [1.807, 2.05) is 13.1 Å². The Bertz CT molecular complexity index is 1080. The lowest BCUT2D eigenvalue weighted by atomic mass is 10.1. The van der Waals surface area contributed by atoms with E-state index in [2.05, 4.69) is 20.3 Å². The molecule has 3 heterocycles. The summed E-state index contributed by atoms with van der Waals surface area (Å²) < 4.78 is 28.5. The van der Waals surface area contributed by atoms with Crippen LogP contribution in [0.15, 0.2) is 24.4 Å². The zero-order valence-corrected chi connectivity index (χ0v) is 16.2. The van der Waals surface area contributed by atoms with Crippen LogP contribution in [0, 0.1) is 18.6 Å². The van der Waals surface area contributed by atoms with E-state index in [9.17, 15) is 13.6 Å². The highest BCUT2D eigenvalue weighted by Gasteiger charge is 2.27. The number of hydrogen-bond donors (Lipinski definition) is 0. The standard InChI is InChI=1S/C20H20F2N6O/c1-3-18-23-9-13-6-7-27(11-17(13)24-18)20(29)19-12(2)28(26-25-19)10-14-4-5-15(21)8-16(14)22/h4-5,8-9H,3,6-7,10-11H2,1-2H3. The van der Waals surface area contributed by atoms with Crippen LogP contribution in [0.2, 0.25) is 0 Å². The van der Waals surface area contributed by atoms with Crippen LogP contribution in [-0.4, -0.2) is 42.3 Å². The fraction of sp³-hybridized carbons (Fsp3) is 0.350. The van der Waals surface area contributed by atoms with Crippen molar-refractivity contribution in [1.29, 1.82) is 0 Å². The molecule has 1 aromatic carbocycles. The van der Waals surface area contributed by atoms with E-state index in [1.165, 1.54) is 16.8 Å². The van der Waals surface area contributed by atoms with Gasteiger partial charge >= 0.3 is 0 Å². The van der Waals surface area contributed by atoms with E-state index in [1.54, 1.807) is 11.8 Å². The summed E-state index contributed by atoms with van der Waals surface area (Å²) in [6.45, 7) is 4.69. The van der Waals surface area contributed by atoms with Crippen molar-refractivity contribution in [1.82, 2.24) is 29.9 Å². The molecule has 0 unspecified atom stereocenters. The van der Waals surface area contributed by atoms with Crippen LogP contribution in [0.4, 0.5) is 8.78 Å². The van der Waals surface area contributed by atoms with Crippen molar-refractivity contribution in [3.05, 3.63) is 70.1 Å². The van der Waals surface area contributed by atoms with Gasteiger partial charge in [-0.25, -0.2) is 23.4 Å². The van der Waals surface area contributed by atoms with Crippen LogP contribution in [-0.2, 0) is 25.9 Å². The third kappa shape index (κ3) is 3.72. The Morgan fingerprint density at radius 1 is 1.28 bits per heavy atom. The molecule has 1 aliphatic heterocycles. The molecule has 7 nitrogen and oxygen atoms in total. The van der Waals surface area contributed by atoms with E-state index in [4.69, 9.17) is 0 Å². The molecule has 9 heteroatoms. The third-order valence-electron chi connectivity index (χ3n) is 5.12. The minimum atomic E-state index is -0.660. The van der Waals surface area contributed by atoms with Gasteiger partial charge in [0, 0.05) is 30.8 Å². The lowest BCUT2D eigenvalue weighted by molar-refractivity contribution is 0.0724. The summed E-state index contributed by atoms with van der Waals surface area (Å²) in [6, 6.07) is 3.37. The fourth-order valence-electron chi connectivity index (χ4n) is 3.36. The summed E-state index contributed by atoms with van der Waals surface area (Å²) in [6.07, 6.45) is 3.25. The highest BCUT2D eigenvalue weighted by atomic mass is 19.1. The van der Waals surface area contributed by atoms with E-state index in [0.29, 0.717) is 25.2 Å². The smallest absolute Gasteiger partial charge is 0.276 e. The fourth-order valence-corrected chi connectivity index (χ4v) is 3.36. The summed E-state index contributed by atoms with van der Waals surface area (Å²) in [4.78, 5) is 23.5. The van der Waals surface area contributed by atoms with Gasteiger partial charge in [0.2, 0.25) is 0 Å². The number of benzene rings is 1. The molecule has 0 bridgehead atoms. The number of nitrogens with zero attached hydrogens (tertiary/aromatic N) is 6. The van der Waals surface area contributed by atoms with Gasteiger partial charge in [-0.15, -0.1) is 5.10 Å². The minimum absolute atomic E-state index is 0.0636. The SMILES string of the molecule is CCc1ncc2c(n1)CN(C(=O)c1nnn(Cc3ccc(F)cc3F)c1C)CC2. The molecule has 1 aliphatic rings. The molecule has 29 heavy (non-hydrogen) atoms. The van der Waals surface area contributed by atoms with Crippen LogP contribution in [0.1, 0.15) is 45.8 Å². The molecule has 0 spiro atoms. The second kappa shape index (κ2) is 7.65. The zero-order valence-electron chi connectivity index (χ0n) is 16.2. The highest BCUT2D eigenvalue weighted by Crippen LogP contribution is 2.20. The normalized spacial score (nSPS) is 13.4. The van der Waals surface area contributed by atoms with E-state index in [0.717, 1.165) is 29.6 Å². The topological polar surface area (TPSA) is 76.8 Å². The zero-order chi connectivity index (χ0) is 20.5. The Balaban J connectivity index is 1.54. The first-order chi connectivity index (χ1) is 14.0. The lowest BCUT2D eigenvalue weighted by Crippen LogP contribution is -2.37. The summed E-state index contributed by atoms with van der Waals surface area (Å²) in [5, 5.41) is 8.01.